The number of fused-ring (bicyclic) bond motifs is 3. The first-order chi connectivity index (χ1) is 23.9. The zero-order valence-electron chi connectivity index (χ0n) is 27.0. The van der Waals surface area contributed by atoms with Gasteiger partial charge in [0.25, 0.3) is 0 Å². The molecule has 16 heteroatoms. The second-order valence-electron chi connectivity index (χ2n) is 11.5. The lowest BCUT2D eigenvalue weighted by Gasteiger charge is -2.42. The third-order valence-electron chi connectivity index (χ3n) is 7.95. The molecule has 2 heterocycles. The van der Waals surface area contributed by atoms with Gasteiger partial charge in [-0.05, 0) is 60.5 Å². The highest BCUT2D eigenvalue weighted by Crippen LogP contribution is 2.41. The van der Waals surface area contributed by atoms with Gasteiger partial charge in [-0.15, -0.1) is 0 Å². The zero-order chi connectivity index (χ0) is 35.9. The fourth-order valence-electron chi connectivity index (χ4n) is 5.43. The summed E-state index contributed by atoms with van der Waals surface area (Å²) in [5.41, 5.74) is 0.0172. The molecule has 264 valence electrons. The van der Waals surface area contributed by atoms with E-state index in [1.165, 1.54) is 26.4 Å². The van der Waals surface area contributed by atoms with Crippen molar-refractivity contribution in [2.75, 3.05) is 37.9 Å². The molecule has 0 radical (unpaired) electrons. The molecule has 0 spiro atoms. The normalized spacial score (nSPS) is 22.9. The van der Waals surface area contributed by atoms with Crippen LogP contribution >= 0.6 is 0 Å². The van der Waals surface area contributed by atoms with Crippen LogP contribution in [0.2, 0.25) is 0 Å². The molecule has 0 aromatic heterocycles. The molecule has 0 saturated carbocycles. The summed E-state index contributed by atoms with van der Waals surface area (Å²) in [6.45, 7) is -0.538. The molecule has 2 unspecified atom stereocenters. The molecule has 50 heavy (non-hydrogen) atoms. The van der Waals surface area contributed by atoms with Gasteiger partial charge in [0.2, 0.25) is 0 Å². The zero-order valence-corrected chi connectivity index (χ0v) is 27.0. The molecule has 2 aliphatic heterocycles. The van der Waals surface area contributed by atoms with E-state index in [0.29, 0.717) is 17.8 Å². The van der Waals surface area contributed by atoms with Gasteiger partial charge in [0.1, 0.15) is 5.75 Å². The van der Waals surface area contributed by atoms with Gasteiger partial charge in [-0.1, -0.05) is 42.5 Å². The summed E-state index contributed by atoms with van der Waals surface area (Å²) in [5, 5.41) is 30.8. The molecule has 5 N–H and O–H groups in total. The van der Waals surface area contributed by atoms with Gasteiger partial charge in [-0.2, -0.15) is 0 Å². The van der Waals surface area contributed by atoms with Gasteiger partial charge in [0, 0.05) is 17.3 Å². The van der Waals surface area contributed by atoms with Crippen molar-refractivity contribution in [3.63, 3.8) is 0 Å². The van der Waals surface area contributed by atoms with Crippen molar-refractivity contribution in [2.45, 2.75) is 42.5 Å². The van der Waals surface area contributed by atoms with Gasteiger partial charge in [-0.25, -0.2) is 14.4 Å². The van der Waals surface area contributed by atoms with Crippen molar-refractivity contribution >= 4 is 41.5 Å². The Kier molecular flexibility index (Phi) is 10.5. The number of cyclic esters (lactones) is 1. The van der Waals surface area contributed by atoms with Crippen molar-refractivity contribution < 1.29 is 62.6 Å². The number of para-hydroxylation sites is 1. The van der Waals surface area contributed by atoms with Crippen LogP contribution < -0.4 is 20.7 Å². The Morgan fingerprint density at radius 1 is 0.760 bits per heavy atom. The standard InChI is InChI=1S/C34H35N3O13/c1-45-30(41)36-23-12-8-21(9-13-23)26(22-10-14-24(15-11-22)37-31(42)46-2)16-17-35-20-33(44)34(47-25-6-4-3-5-7-25)49-28(39)19-32(43,29(40)50-34)18-27(38)48-33/h3-15,26,35,43-44H,16-20H2,1-2H3,(H,36,41)(H,37,42)/t32?,33-,34?/m0/s1. The third-order valence-corrected chi connectivity index (χ3v) is 7.95. The Morgan fingerprint density at radius 2 is 1.28 bits per heavy atom. The third kappa shape index (κ3) is 7.94. The molecule has 5 rings (SSSR count). The molecule has 2 aliphatic rings. The van der Waals surface area contributed by atoms with Crippen molar-refractivity contribution in [2.24, 2.45) is 0 Å². The summed E-state index contributed by atoms with van der Waals surface area (Å²) >= 11 is 0. The lowest BCUT2D eigenvalue weighted by molar-refractivity contribution is -0.429. The first-order valence-electron chi connectivity index (χ1n) is 15.3. The van der Waals surface area contributed by atoms with E-state index >= 15 is 0 Å². The number of anilines is 2. The number of hydrogen-bond donors (Lipinski definition) is 5. The van der Waals surface area contributed by atoms with Gasteiger partial charge < -0.3 is 44.0 Å². The van der Waals surface area contributed by atoms with Crippen molar-refractivity contribution in [3.8, 4) is 5.75 Å². The average molecular weight is 694 g/mol. The predicted molar refractivity (Wildman–Crippen MR) is 171 cm³/mol. The minimum atomic E-state index is -3.04. The van der Waals surface area contributed by atoms with Crippen LogP contribution in [0.4, 0.5) is 21.0 Å². The van der Waals surface area contributed by atoms with Crippen LogP contribution in [0.1, 0.15) is 36.3 Å². The Balaban J connectivity index is 1.40. The van der Waals surface area contributed by atoms with E-state index in [2.05, 4.69) is 25.4 Å². The number of rotatable bonds is 11. The topological polar surface area (TPSA) is 217 Å². The second-order valence-corrected chi connectivity index (χ2v) is 11.5. The molecule has 3 aromatic rings. The van der Waals surface area contributed by atoms with E-state index in [9.17, 15) is 34.2 Å². The number of esters is 3. The van der Waals surface area contributed by atoms with Crippen molar-refractivity contribution in [1.29, 1.82) is 0 Å². The summed E-state index contributed by atoms with van der Waals surface area (Å²) < 4.78 is 31.1. The Hall–Kier alpha value is -5.71. The van der Waals surface area contributed by atoms with Crippen LogP contribution in [0.25, 0.3) is 0 Å². The van der Waals surface area contributed by atoms with Crippen LogP contribution in [-0.4, -0.2) is 85.0 Å². The van der Waals surface area contributed by atoms with Crippen LogP contribution in [0.3, 0.4) is 0 Å². The number of nitrogens with one attached hydrogen (secondary N) is 3. The Labute approximate surface area is 285 Å². The summed E-state index contributed by atoms with van der Waals surface area (Å²) in [5.74, 6) is -10.1. The Morgan fingerprint density at radius 3 is 1.80 bits per heavy atom. The SMILES string of the molecule is COC(=O)Nc1ccc(C(CCNC[C@]2(O)OC(=O)CC3(O)CC(=O)OC2(Oc2ccccc2)OC3=O)c2ccc(NC(=O)OC)cc2)cc1. The van der Waals surface area contributed by atoms with E-state index in [1.807, 2.05) is 0 Å². The maximum Gasteiger partial charge on any atom is 0.493 e. The molecule has 2 amide bonds. The molecule has 2 bridgehead atoms. The van der Waals surface area contributed by atoms with Crippen LogP contribution in [0.5, 0.6) is 5.75 Å². The number of ether oxygens (including phenoxy) is 6. The summed E-state index contributed by atoms with van der Waals surface area (Å²) in [7, 11) is 2.50. The number of carbonyl (C=O) groups excluding carboxylic acids is 5. The minimum Gasteiger partial charge on any atom is -0.453 e. The van der Waals surface area contributed by atoms with Gasteiger partial charge in [0.05, 0.1) is 33.6 Å². The molecule has 16 nitrogen and oxygen atoms in total. The highest BCUT2D eigenvalue weighted by molar-refractivity contribution is 5.92. The smallest absolute Gasteiger partial charge is 0.453 e. The van der Waals surface area contributed by atoms with Crippen LogP contribution in [0.15, 0.2) is 78.9 Å². The van der Waals surface area contributed by atoms with Crippen LogP contribution in [0, 0.1) is 0 Å². The number of methoxy groups -OCH3 is 2. The monoisotopic (exact) mass is 693 g/mol. The molecular formula is C34H35N3O13. The molecule has 0 aliphatic carbocycles. The average Bonchev–Trinajstić information content (AvgIpc) is 3.16. The fraction of sp³-hybridized carbons (Fsp3) is 0.324. The molecule has 2 fully saturated rings. The molecule has 3 atom stereocenters. The number of benzene rings is 3. The van der Waals surface area contributed by atoms with E-state index < -0.39 is 66.8 Å². The van der Waals surface area contributed by atoms with E-state index in [0.717, 1.165) is 11.1 Å². The van der Waals surface area contributed by atoms with E-state index in [-0.39, 0.29) is 18.2 Å². The van der Waals surface area contributed by atoms with Gasteiger partial charge in [-0.3, -0.25) is 20.2 Å². The van der Waals surface area contributed by atoms with E-state index in [1.54, 1.807) is 66.7 Å². The lowest BCUT2D eigenvalue weighted by atomic mass is 9.88. The lowest BCUT2D eigenvalue weighted by Crippen LogP contribution is -2.69. The molecule has 3 aromatic carbocycles. The van der Waals surface area contributed by atoms with Gasteiger partial charge >= 0.3 is 41.9 Å². The summed E-state index contributed by atoms with van der Waals surface area (Å²) in [6.07, 6.45) is -2.86. The Bertz CT molecular complexity index is 1660. The van der Waals surface area contributed by atoms with Crippen molar-refractivity contribution in [1.82, 2.24) is 5.32 Å². The summed E-state index contributed by atoms with van der Waals surface area (Å²) in [6, 6.07) is 21.6. The maximum atomic E-state index is 13.1. The number of aliphatic hydroxyl groups is 2. The summed E-state index contributed by atoms with van der Waals surface area (Å²) in [4.78, 5) is 62.2. The van der Waals surface area contributed by atoms with Crippen molar-refractivity contribution in [3.05, 3.63) is 90.0 Å². The van der Waals surface area contributed by atoms with E-state index in [4.69, 9.17) is 18.9 Å². The van der Waals surface area contributed by atoms with Gasteiger partial charge in [0.15, 0.2) is 5.60 Å². The van der Waals surface area contributed by atoms with Crippen LogP contribution in [-0.2, 0) is 38.1 Å². The first-order valence-corrected chi connectivity index (χ1v) is 15.3. The first kappa shape index (κ1) is 35.6. The molecule has 2 saturated heterocycles. The number of amides is 2. The second kappa shape index (κ2) is 14.8. The molecular weight excluding hydrogens is 658 g/mol. The minimum absolute atomic E-state index is 0.0241. The number of hydrogen-bond acceptors (Lipinski definition) is 14. The highest BCUT2D eigenvalue weighted by atomic mass is 16.9. The quantitative estimate of drug-likeness (QED) is 0.111. The fourth-order valence-corrected chi connectivity index (χ4v) is 5.43. The predicted octanol–water partition coefficient (Wildman–Crippen LogP) is 2.74. The maximum absolute atomic E-state index is 13.1. The largest absolute Gasteiger partial charge is 0.493 e. The number of carbonyl (C=O) groups is 5. The highest BCUT2D eigenvalue weighted by Gasteiger charge is 2.70.